The number of amides is 1. The zero-order chi connectivity index (χ0) is 12.1. The second-order valence-electron chi connectivity index (χ2n) is 4.05. The number of rotatable bonds is 3. The van der Waals surface area contributed by atoms with Gasteiger partial charge in [0.1, 0.15) is 0 Å². The highest BCUT2D eigenvalue weighted by Crippen LogP contribution is 2.23. The van der Waals surface area contributed by atoms with Gasteiger partial charge in [-0.3, -0.25) is 9.69 Å². The van der Waals surface area contributed by atoms with Gasteiger partial charge in [-0.25, -0.2) is 4.79 Å². The SMILES string of the molecule is CCOC(=O)N1C=CC(=O)CC1C(C)CC. The Kier molecular flexibility index (Phi) is 4.52. The Morgan fingerprint density at radius 3 is 2.88 bits per heavy atom. The van der Waals surface area contributed by atoms with E-state index >= 15 is 0 Å². The van der Waals surface area contributed by atoms with Gasteiger partial charge >= 0.3 is 6.09 Å². The zero-order valence-corrected chi connectivity index (χ0v) is 10.1. The van der Waals surface area contributed by atoms with Crippen LogP contribution in [0.1, 0.15) is 33.6 Å². The first-order chi connectivity index (χ1) is 7.60. The van der Waals surface area contributed by atoms with Gasteiger partial charge in [0, 0.05) is 18.7 Å². The molecule has 4 heteroatoms. The first-order valence-electron chi connectivity index (χ1n) is 5.76. The molecule has 0 aliphatic carbocycles. The summed E-state index contributed by atoms with van der Waals surface area (Å²) in [6, 6.07) is -0.0680. The predicted molar refractivity (Wildman–Crippen MR) is 60.9 cm³/mol. The Morgan fingerprint density at radius 1 is 1.62 bits per heavy atom. The Labute approximate surface area is 96.3 Å². The molecule has 2 unspecified atom stereocenters. The van der Waals surface area contributed by atoms with E-state index in [0.717, 1.165) is 6.42 Å². The molecule has 0 bridgehead atoms. The molecule has 0 aromatic carbocycles. The number of ether oxygens (including phenoxy) is 1. The molecule has 16 heavy (non-hydrogen) atoms. The lowest BCUT2D eigenvalue weighted by Gasteiger charge is -2.33. The molecule has 4 nitrogen and oxygen atoms in total. The van der Waals surface area contributed by atoms with Gasteiger partial charge in [0.05, 0.1) is 6.61 Å². The first kappa shape index (κ1) is 12.7. The Morgan fingerprint density at radius 2 is 2.31 bits per heavy atom. The van der Waals surface area contributed by atoms with Crippen LogP contribution in [0.3, 0.4) is 0 Å². The van der Waals surface area contributed by atoms with Crippen LogP contribution in [0.15, 0.2) is 12.3 Å². The highest BCUT2D eigenvalue weighted by atomic mass is 16.6. The quantitative estimate of drug-likeness (QED) is 0.740. The molecule has 0 radical (unpaired) electrons. The molecule has 0 aromatic heterocycles. The van der Waals surface area contributed by atoms with Gasteiger partial charge in [-0.05, 0) is 18.9 Å². The summed E-state index contributed by atoms with van der Waals surface area (Å²) in [5, 5.41) is 0. The topological polar surface area (TPSA) is 46.6 Å². The fourth-order valence-electron chi connectivity index (χ4n) is 1.79. The molecule has 0 spiro atoms. The number of ketones is 1. The van der Waals surface area contributed by atoms with Gasteiger partial charge in [-0.15, -0.1) is 0 Å². The van der Waals surface area contributed by atoms with Gasteiger partial charge in [0.15, 0.2) is 5.78 Å². The summed E-state index contributed by atoms with van der Waals surface area (Å²) in [6.07, 6.45) is 3.94. The van der Waals surface area contributed by atoms with E-state index in [9.17, 15) is 9.59 Å². The lowest BCUT2D eigenvalue weighted by molar-refractivity contribution is -0.116. The summed E-state index contributed by atoms with van der Waals surface area (Å²) < 4.78 is 4.97. The van der Waals surface area contributed by atoms with Gasteiger partial charge in [-0.1, -0.05) is 20.3 Å². The van der Waals surface area contributed by atoms with Gasteiger partial charge in [0.2, 0.25) is 0 Å². The fraction of sp³-hybridized carbons (Fsp3) is 0.667. The summed E-state index contributed by atoms with van der Waals surface area (Å²) in [5.41, 5.74) is 0. The Hall–Kier alpha value is -1.32. The van der Waals surface area contributed by atoms with Gasteiger partial charge in [0.25, 0.3) is 0 Å². The highest BCUT2D eigenvalue weighted by molar-refractivity contribution is 5.92. The van der Waals surface area contributed by atoms with E-state index in [1.165, 1.54) is 6.08 Å². The number of hydrogen-bond donors (Lipinski definition) is 0. The maximum Gasteiger partial charge on any atom is 0.414 e. The molecular weight excluding hydrogens is 206 g/mol. The van der Waals surface area contributed by atoms with E-state index in [2.05, 4.69) is 6.92 Å². The molecule has 0 saturated heterocycles. The standard InChI is InChI=1S/C12H19NO3/c1-4-9(3)11-8-10(14)6-7-13(11)12(15)16-5-2/h6-7,9,11H,4-5,8H2,1-3H3. The molecule has 1 aliphatic rings. The van der Waals surface area contributed by atoms with Crippen molar-refractivity contribution in [2.45, 2.75) is 39.7 Å². The molecule has 0 N–H and O–H groups in total. The molecule has 0 saturated carbocycles. The lowest BCUT2D eigenvalue weighted by atomic mass is 9.91. The predicted octanol–water partition coefficient (Wildman–Crippen LogP) is 2.35. The van der Waals surface area contributed by atoms with Crippen LogP contribution in [0.5, 0.6) is 0 Å². The van der Waals surface area contributed by atoms with E-state index in [1.807, 2.05) is 6.92 Å². The summed E-state index contributed by atoms with van der Waals surface area (Å²) in [4.78, 5) is 24.6. The normalized spacial score (nSPS) is 22.1. The molecule has 1 amide bonds. The lowest BCUT2D eigenvalue weighted by Crippen LogP contribution is -2.44. The third-order valence-electron chi connectivity index (χ3n) is 2.97. The molecule has 0 fully saturated rings. The number of carbonyl (C=O) groups is 2. The summed E-state index contributed by atoms with van der Waals surface area (Å²) in [5.74, 6) is 0.365. The minimum Gasteiger partial charge on any atom is -0.449 e. The fourth-order valence-corrected chi connectivity index (χ4v) is 1.79. The molecule has 1 heterocycles. The highest BCUT2D eigenvalue weighted by Gasteiger charge is 2.31. The van der Waals surface area contributed by atoms with E-state index < -0.39 is 0 Å². The second kappa shape index (κ2) is 5.68. The smallest absolute Gasteiger partial charge is 0.414 e. The average molecular weight is 225 g/mol. The largest absolute Gasteiger partial charge is 0.449 e. The first-order valence-corrected chi connectivity index (χ1v) is 5.76. The van der Waals surface area contributed by atoms with Crippen LogP contribution in [0.4, 0.5) is 4.79 Å². The van der Waals surface area contributed by atoms with Crippen LogP contribution in [-0.2, 0) is 9.53 Å². The van der Waals surface area contributed by atoms with Crippen LogP contribution in [0, 0.1) is 5.92 Å². The van der Waals surface area contributed by atoms with E-state index in [0.29, 0.717) is 18.9 Å². The molecular formula is C12H19NO3. The minimum absolute atomic E-state index is 0.0680. The second-order valence-corrected chi connectivity index (χ2v) is 4.05. The van der Waals surface area contributed by atoms with Crippen molar-refractivity contribution in [3.05, 3.63) is 12.3 Å². The molecule has 1 aliphatic heterocycles. The molecule has 0 aromatic rings. The maximum absolute atomic E-state index is 11.7. The number of nitrogens with zero attached hydrogens (tertiary/aromatic N) is 1. The van der Waals surface area contributed by atoms with Gasteiger partial charge < -0.3 is 4.74 Å². The number of carbonyl (C=O) groups excluding carboxylic acids is 2. The molecule has 2 atom stereocenters. The summed E-state index contributed by atoms with van der Waals surface area (Å²) in [6.45, 7) is 6.22. The molecule has 90 valence electrons. The summed E-state index contributed by atoms with van der Waals surface area (Å²) >= 11 is 0. The minimum atomic E-state index is -0.364. The zero-order valence-electron chi connectivity index (χ0n) is 10.1. The van der Waals surface area contributed by atoms with E-state index in [4.69, 9.17) is 4.74 Å². The number of hydrogen-bond acceptors (Lipinski definition) is 3. The van der Waals surface area contributed by atoms with E-state index in [-0.39, 0.29) is 17.9 Å². The van der Waals surface area contributed by atoms with Crippen LogP contribution in [-0.4, -0.2) is 29.4 Å². The summed E-state index contributed by atoms with van der Waals surface area (Å²) in [7, 11) is 0. The maximum atomic E-state index is 11.7. The Bertz CT molecular complexity index is 299. The monoisotopic (exact) mass is 225 g/mol. The average Bonchev–Trinajstić information content (AvgIpc) is 2.28. The van der Waals surface area contributed by atoms with Crippen molar-refractivity contribution in [2.75, 3.05) is 6.61 Å². The van der Waals surface area contributed by atoms with Crippen molar-refractivity contribution in [1.29, 1.82) is 0 Å². The van der Waals surface area contributed by atoms with Crippen molar-refractivity contribution < 1.29 is 14.3 Å². The van der Waals surface area contributed by atoms with E-state index in [1.54, 1.807) is 18.0 Å². The van der Waals surface area contributed by atoms with Crippen molar-refractivity contribution in [3.8, 4) is 0 Å². The van der Waals surface area contributed by atoms with Gasteiger partial charge in [-0.2, -0.15) is 0 Å². The van der Waals surface area contributed by atoms with Crippen molar-refractivity contribution in [2.24, 2.45) is 5.92 Å². The van der Waals surface area contributed by atoms with Crippen molar-refractivity contribution in [3.63, 3.8) is 0 Å². The van der Waals surface area contributed by atoms with Crippen LogP contribution in [0.25, 0.3) is 0 Å². The van der Waals surface area contributed by atoms with Crippen LogP contribution < -0.4 is 0 Å². The van der Waals surface area contributed by atoms with Crippen LogP contribution >= 0.6 is 0 Å². The Balaban J connectivity index is 2.81. The number of allylic oxidation sites excluding steroid dienone is 1. The molecule has 1 rings (SSSR count). The third-order valence-corrected chi connectivity index (χ3v) is 2.97. The van der Waals surface area contributed by atoms with Crippen molar-refractivity contribution >= 4 is 11.9 Å². The van der Waals surface area contributed by atoms with Crippen molar-refractivity contribution in [1.82, 2.24) is 4.90 Å². The van der Waals surface area contributed by atoms with Crippen LogP contribution in [0.2, 0.25) is 0 Å². The third kappa shape index (κ3) is 2.84.